The molecule has 1 aromatic carbocycles. The Hall–Kier alpha value is -1.27. The van der Waals surface area contributed by atoms with Crippen molar-refractivity contribution in [2.75, 3.05) is 14.2 Å². The van der Waals surface area contributed by atoms with E-state index < -0.39 is 9.05 Å². The van der Waals surface area contributed by atoms with Crippen LogP contribution in [-0.2, 0) is 20.3 Å². The Morgan fingerprint density at radius 2 is 2.12 bits per heavy atom. The maximum Gasteiger partial charge on any atom is 0.264 e. The number of carbonyl (C=O) groups excluding carboxylic acids is 1. The van der Waals surface area contributed by atoms with Crippen LogP contribution in [0.3, 0.4) is 0 Å². The molecule has 94 valence electrons. The van der Waals surface area contributed by atoms with Gasteiger partial charge in [-0.05, 0) is 17.7 Å². The van der Waals surface area contributed by atoms with Gasteiger partial charge in [-0.15, -0.1) is 0 Å². The number of amides is 1. The van der Waals surface area contributed by atoms with Crippen LogP contribution < -0.4 is 10.1 Å². The lowest BCUT2D eigenvalue weighted by atomic mass is 10.1. The van der Waals surface area contributed by atoms with Gasteiger partial charge < -0.3 is 10.1 Å². The molecule has 7 heteroatoms. The first kappa shape index (κ1) is 13.8. The zero-order chi connectivity index (χ0) is 13.1. The number of rotatable bonds is 4. The molecule has 0 bridgehead atoms. The number of ether oxygens (including phenoxy) is 1. The first-order valence-electron chi connectivity index (χ1n) is 4.70. The first-order chi connectivity index (χ1) is 7.88. The fourth-order valence-corrected chi connectivity index (χ4v) is 2.34. The van der Waals surface area contributed by atoms with Gasteiger partial charge in [0.1, 0.15) is 10.6 Å². The van der Waals surface area contributed by atoms with Crippen LogP contribution in [-0.4, -0.2) is 28.5 Å². The summed E-state index contributed by atoms with van der Waals surface area (Å²) < 4.78 is 27.5. The highest BCUT2D eigenvalue weighted by atomic mass is 35.7. The third-order valence-corrected chi connectivity index (χ3v) is 3.48. The summed E-state index contributed by atoms with van der Waals surface area (Å²) in [6.45, 7) is 0. The molecule has 0 radical (unpaired) electrons. The van der Waals surface area contributed by atoms with E-state index in [1.165, 1.54) is 26.3 Å². The number of carbonyl (C=O) groups is 1. The monoisotopic (exact) mass is 277 g/mol. The SMILES string of the molecule is CNC(=O)Cc1ccc(OC)c(S(=O)(=O)Cl)c1. The van der Waals surface area contributed by atoms with E-state index in [-0.39, 0.29) is 23.0 Å². The number of benzene rings is 1. The van der Waals surface area contributed by atoms with Gasteiger partial charge in [0.05, 0.1) is 13.5 Å². The second-order valence-electron chi connectivity index (χ2n) is 3.27. The normalized spacial score (nSPS) is 11.0. The molecule has 0 fully saturated rings. The van der Waals surface area contributed by atoms with Crippen LogP contribution in [0.5, 0.6) is 5.75 Å². The van der Waals surface area contributed by atoms with E-state index in [9.17, 15) is 13.2 Å². The van der Waals surface area contributed by atoms with Crippen molar-refractivity contribution in [1.29, 1.82) is 0 Å². The minimum absolute atomic E-state index is 0.0832. The lowest BCUT2D eigenvalue weighted by Gasteiger charge is -2.07. The van der Waals surface area contributed by atoms with Crippen molar-refractivity contribution in [3.05, 3.63) is 23.8 Å². The Morgan fingerprint density at radius 1 is 1.47 bits per heavy atom. The summed E-state index contributed by atoms with van der Waals surface area (Å²) in [6, 6.07) is 4.41. The molecule has 0 aliphatic carbocycles. The van der Waals surface area contributed by atoms with Crippen LogP contribution in [0.15, 0.2) is 23.1 Å². The van der Waals surface area contributed by atoms with Crippen molar-refractivity contribution < 1.29 is 17.9 Å². The molecule has 0 heterocycles. The fraction of sp³-hybridized carbons (Fsp3) is 0.300. The number of nitrogens with one attached hydrogen (secondary N) is 1. The van der Waals surface area contributed by atoms with Crippen LogP contribution in [0.25, 0.3) is 0 Å². The minimum atomic E-state index is -3.90. The summed E-state index contributed by atoms with van der Waals surface area (Å²) in [6.07, 6.45) is 0.0832. The Balaban J connectivity index is 3.19. The molecule has 1 aromatic rings. The molecular formula is C10H12ClNO4S. The summed E-state index contributed by atoms with van der Waals surface area (Å²) in [5.74, 6) is -0.0613. The third kappa shape index (κ3) is 3.61. The third-order valence-electron chi connectivity index (χ3n) is 2.13. The van der Waals surface area contributed by atoms with E-state index in [2.05, 4.69) is 5.32 Å². The van der Waals surface area contributed by atoms with E-state index >= 15 is 0 Å². The molecule has 0 spiro atoms. The van der Waals surface area contributed by atoms with E-state index in [1.54, 1.807) is 6.07 Å². The summed E-state index contributed by atoms with van der Waals surface area (Å²) in [5, 5.41) is 2.45. The van der Waals surface area contributed by atoms with E-state index in [1.807, 2.05) is 0 Å². The van der Waals surface area contributed by atoms with Crippen LogP contribution in [0, 0.1) is 0 Å². The Kier molecular flexibility index (Phi) is 4.36. The van der Waals surface area contributed by atoms with Crippen LogP contribution >= 0.6 is 10.7 Å². The lowest BCUT2D eigenvalue weighted by molar-refractivity contribution is -0.119. The molecule has 1 rings (SSSR count). The van der Waals surface area contributed by atoms with Crippen molar-refractivity contribution in [3.8, 4) is 5.75 Å². The standard InChI is InChI=1S/C10H12ClNO4S/c1-12-10(13)6-7-3-4-8(16-2)9(5-7)17(11,14)15/h3-5H,6H2,1-2H3,(H,12,13). The zero-order valence-electron chi connectivity index (χ0n) is 9.36. The van der Waals surface area contributed by atoms with Gasteiger partial charge in [-0.2, -0.15) is 0 Å². The zero-order valence-corrected chi connectivity index (χ0v) is 10.9. The van der Waals surface area contributed by atoms with Crippen LogP contribution in [0.4, 0.5) is 0 Å². The van der Waals surface area contributed by atoms with Crippen molar-refractivity contribution in [2.24, 2.45) is 0 Å². The second kappa shape index (κ2) is 5.37. The average Bonchev–Trinajstić information content (AvgIpc) is 2.27. The van der Waals surface area contributed by atoms with E-state index in [4.69, 9.17) is 15.4 Å². The van der Waals surface area contributed by atoms with Gasteiger partial charge in [0.25, 0.3) is 9.05 Å². The molecule has 0 aliphatic rings. The molecule has 0 saturated heterocycles. The molecule has 1 amide bonds. The second-order valence-corrected chi connectivity index (χ2v) is 5.81. The van der Waals surface area contributed by atoms with Gasteiger partial charge in [-0.25, -0.2) is 8.42 Å². The molecular weight excluding hydrogens is 266 g/mol. The Bertz CT molecular complexity index is 527. The molecule has 5 nitrogen and oxygen atoms in total. The lowest BCUT2D eigenvalue weighted by Crippen LogP contribution is -2.20. The van der Waals surface area contributed by atoms with E-state index in [0.29, 0.717) is 5.56 Å². The quantitative estimate of drug-likeness (QED) is 0.831. The minimum Gasteiger partial charge on any atom is -0.495 e. The van der Waals surface area contributed by atoms with Gasteiger partial charge in [-0.1, -0.05) is 6.07 Å². The van der Waals surface area contributed by atoms with Gasteiger partial charge in [-0.3, -0.25) is 4.79 Å². The maximum atomic E-state index is 11.3. The number of methoxy groups -OCH3 is 1. The number of halogens is 1. The van der Waals surface area contributed by atoms with E-state index in [0.717, 1.165) is 0 Å². The molecule has 1 N–H and O–H groups in total. The Labute approximate surface area is 104 Å². The Morgan fingerprint density at radius 3 is 2.59 bits per heavy atom. The van der Waals surface area contributed by atoms with Crippen LogP contribution in [0.1, 0.15) is 5.56 Å². The fourth-order valence-electron chi connectivity index (χ4n) is 1.30. The highest BCUT2D eigenvalue weighted by molar-refractivity contribution is 8.13. The summed E-state index contributed by atoms with van der Waals surface area (Å²) in [4.78, 5) is 11.0. The van der Waals surface area contributed by atoms with Crippen molar-refractivity contribution in [2.45, 2.75) is 11.3 Å². The molecule has 0 saturated carbocycles. The maximum absolute atomic E-state index is 11.3. The summed E-state index contributed by atoms with van der Waals surface area (Å²) in [5.41, 5.74) is 0.546. The van der Waals surface area contributed by atoms with Gasteiger partial charge in [0.2, 0.25) is 5.91 Å². The van der Waals surface area contributed by atoms with Crippen LogP contribution in [0.2, 0.25) is 0 Å². The van der Waals surface area contributed by atoms with Crippen molar-refractivity contribution in [3.63, 3.8) is 0 Å². The molecule has 0 unspecified atom stereocenters. The van der Waals surface area contributed by atoms with Gasteiger partial charge in [0, 0.05) is 17.7 Å². The molecule has 17 heavy (non-hydrogen) atoms. The smallest absolute Gasteiger partial charge is 0.264 e. The first-order valence-corrected chi connectivity index (χ1v) is 7.01. The largest absolute Gasteiger partial charge is 0.495 e. The van der Waals surface area contributed by atoms with Crippen molar-refractivity contribution in [1.82, 2.24) is 5.32 Å². The predicted octanol–water partition coefficient (Wildman–Crippen LogP) is 0.911. The predicted molar refractivity (Wildman–Crippen MR) is 63.8 cm³/mol. The topological polar surface area (TPSA) is 72.5 Å². The summed E-state index contributed by atoms with van der Waals surface area (Å²) >= 11 is 0. The van der Waals surface area contributed by atoms with Gasteiger partial charge in [0.15, 0.2) is 0 Å². The number of likely N-dealkylation sites (N-methyl/N-ethyl adjacent to an activating group) is 1. The van der Waals surface area contributed by atoms with Crippen molar-refractivity contribution >= 4 is 25.6 Å². The summed E-state index contributed by atoms with van der Waals surface area (Å²) in [7, 11) is 4.23. The number of hydrogen-bond donors (Lipinski definition) is 1. The number of hydrogen-bond acceptors (Lipinski definition) is 4. The molecule has 0 aliphatic heterocycles. The highest BCUT2D eigenvalue weighted by Crippen LogP contribution is 2.27. The average molecular weight is 278 g/mol. The molecule has 0 aromatic heterocycles. The van der Waals surface area contributed by atoms with Gasteiger partial charge >= 0.3 is 0 Å². The molecule has 0 atom stereocenters. The highest BCUT2D eigenvalue weighted by Gasteiger charge is 2.17.